The van der Waals surface area contributed by atoms with Crippen molar-refractivity contribution in [2.45, 2.75) is 34.7 Å². The number of aliphatic hydroxyl groups excluding tert-OH is 3. The first kappa shape index (κ1) is 21.8. The number of aromatic hydroxyl groups is 1. The van der Waals surface area contributed by atoms with Crippen LogP contribution in [0, 0.1) is 0 Å². The first-order chi connectivity index (χ1) is 14.4. The summed E-state index contributed by atoms with van der Waals surface area (Å²) in [4.78, 5) is 4.63. The molecule has 1 fully saturated rings. The average Bonchev–Trinajstić information content (AvgIpc) is 3.36. The van der Waals surface area contributed by atoms with Gasteiger partial charge in [0.15, 0.2) is 0 Å². The van der Waals surface area contributed by atoms with E-state index in [9.17, 15) is 20.4 Å². The van der Waals surface area contributed by atoms with Gasteiger partial charge in [-0.1, -0.05) is 40.2 Å². The second-order valence-electron chi connectivity index (χ2n) is 6.49. The van der Waals surface area contributed by atoms with Crippen LogP contribution in [0.1, 0.15) is 6.04 Å². The Morgan fingerprint density at radius 3 is 2.67 bits per heavy atom. The van der Waals surface area contributed by atoms with E-state index >= 15 is 0 Å². The third kappa shape index (κ3) is 4.30. The quantitative estimate of drug-likeness (QED) is 0.424. The van der Waals surface area contributed by atoms with E-state index in [0.29, 0.717) is 25.6 Å². The van der Waals surface area contributed by atoms with Gasteiger partial charge in [0.25, 0.3) is 0 Å². The largest absolute Gasteiger partial charge is 0.493 e. The third-order valence-electron chi connectivity index (χ3n) is 4.52. The number of nitrogens with zero attached hydrogens (tertiary/aromatic N) is 4. The molecule has 0 spiro atoms. The zero-order chi connectivity index (χ0) is 21.4. The summed E-state index contributed by atoms with van der Waals surface area (Å²) >= 11 is 14.4. The lowest BCUT2D eigenvalue weighted by atomic mass is 9.97. The zero-order valence-electron chi connectivity index (χ0n) is 15.0. The van der Waals surface area contributed by atoms with Crippen molar-refractivity contribution in [1.29, 1.82) is 0 Å². The number of ether oxygens (including phenoxy) is 1. The van der Waals surface area contributed by atoms with E-state index in [1.165, 1.54) is 39.4 Å². The fourth-order valence-corrected chi connectivity index (χ4v) is 5.16. The molecule has 3 heterocycles. The van der Waals surface area contributed by atoms with Gasteiger partial charge in [0.2, 0.25) is 5.88 Å². The minimum absolute atomic E-state index is 0.130. The van der Waals surface area contributed by atoms with Crippen molar-refractivity contribution in [3.8, 4) is 16.6 Å². The highest BCUT2D eigenvalue weighted by Gasteiger charge is 2.46. The number of hydrogen-bond acceptors (Lipinski definition) is 10. The highest BCUT2D eigenvalue weighted by Crippen LogP contribution is 2.39. The van der Waals surface area contributed by atoms with Crippen molar-refractivity contribution in [2.75, 3.05) is 6.61 Å². The van der Waals surface area contributed by atoms with Crippen LogP contribution in [0.15, 0.2) is 34.7 Å². The molecule has 30 heavy (non-hydrogen) atoms. The first-order valence-corrected chi connectivity index (χ1v) is 11.2. The topological polar surface area (TPSA) is 134 Å². The molecule has 1 aromatic carbocycles. The van der Waals surface area contributed by atoms with Gasteiger partial charge in [-0.15, -0.1) is 16.4 Å². The Morgan fingerprint density at radius 2 is 2.00 bits per heavy atom. The highest BCUT2D eigenvalue weighted by molar-refractivity contribution is 7.99. The molecule has 1 aliphatic rings. The molecule has 9 nitrogen and oxygen atoms in total. The molecule has 1 aliphatic heterocycles. The molecule has 2 unspecified atom stereocenters. The van der Waals surface area contributed by atoms with Gasteiger partial charge in [0.05, 0.1) is 28.2 Å². The van der Waals surface area contributed by atoms with Gasteiger partial charge in [0.1, 0.15) is 40.5 Å². The summed E-state index contributed by atoms with van der Waals surface area (Å²) in [6.07, 6.45) is -1.87. The molecular weight excluding hydrogens is 475 g/mol. The first-order valence-electron chi connectivity index (χ1n) is 8.68. The number of aromatic nitrogens is 4. The number of thiazole rings is 1. The maximum absolute atomic E-state index is 10.9. The smallest absolute Gasteiger partial charge is 0.222 e. The molecule has 0 aliphatic carbocycles. The molecule has 0 radical (unpaired) electrons. The predicted molar refractivity (Wildman–Crippen MR) is 112 cm³/mol. The second kappa shape index (κ2) is 8.97. The predicted octanol–water partition coefficient (Wildman–Crippen LogP) is 2.19. The molecule has 0 amide bonds. The lowest BCUT2D eigenvalue weighted by Crippen LogP contribution is -2.55. The normalized spacial score (nSPS) is 26.8. The molecule has 4 N–H and O–H groups in total. The fourth-order valence-electron chi connectivity index (χ4n) is 3.07. The van der Waals surface area contributed by atoms with Crippen LogP contribution in [0.4, 0.5) is 0 Å². The van der Waals surface area contributed by atoms with Gasteiger partial charge in [0, 0.05) is 4.90 Å². The van der Waals surface area contributed by atoms with Crippen LogP contribution >= 0.6 is 46.3 Å². The maximum atomic E-state index is 10.9. The minimum atomic E-state index is -1.24. The van der Waals surface area contributed by atoms with Gasteiger partial charge in [-0.2, -0.15) is 0 Å². The van der Waals surface area contributed by atoms with E-state index < -0.39 is 36.4 Å². The molecule has 4 rings (SSSR count). The van der Waals surface area contributed by atoms with E-state index in [1.807, 2.05) is 0 Å². The SMILES string of the molecule is OCC1O[C@H](Sc2ccc(Cl)c(Cl)c2)C(O)[C@@H](n2cc(-c3nc(O)cs3)nn2)[C@H]1O. The lowest BCUT2D eigenvalue weighted by molar-refractivity contribution is -0.178. The van der Waals surface area contributed by atoms with Crippen LogP contribution in [0.25, 0.3) is 10.7 Å². The van der Waals surface area contributed by atoms with Crippen LogP contribution in [-0.4, -0.2) is 70.8 Å². The molecule has 0 bridgehead atoms. The lowest BCUT2D eigenvalue weighted by Gasteiger charge is -2.41. The number of rotatable bonds is 5. The molecular formula is C17H16Cl2N4O5S2. The van der Waals surface area contributed by atoms with Crippen LogP contribution in [0.3, 0.4) is 0 Å². The Bertz CT molecular complexity index is 1040. The van der Waals surface area contributed by atoms with Gasteiger partial charge < -0.3 is 25.2 Å². The van der Waals surface area contributed by atoms with Crippen molar-refractivity contribution in [2.24, 2.45) is 0 Å². The van der Waals surface area contributed by atoms with Crippen LogP contribution in [0.2, 0.25) is 10.0 Å². The molecule has 3 aromatic rings. The minimum Gasteiger partial charge on any atom is -0.493 e. The average molecular weight is 491 g/mol. The fraction of sp³-hybridized carbons (Fsp3) is 0.353. The summed E-state index contributed by atoms with van der Waals surface area (Å²) in [5.74, 6) is -0.130. The van der Waals surface area contributed by atoms with E-state index in [4.69, 9.17) is 27.9 Å². The Balaban J connectivity index is 1.61. The Hall–Kier alpha value is -1.44. The summed E-state index contributed by atoms with van der Waals surface area (Å²) in [7, 11) is 0. The molecule has 13 heteroatoms. The van der Waals surface area contributed by atoms with Gasteiger partial charge >= 0.3 is 0 Å². The van der Waals surface area contributed by atoms with Crippen molar-refractivity contribution in [3.63, 3.8) is 0 Å². The maximum Gasteiger partial charge on any atom is 0.222 e. The Morgan fingerprint density at radius 1 is 1.20 bits per heavy atom. The summed E-state index contributed by atoms with van der Waals surface area (Å²) in [5, 5.41) is 51.4. The van der Waals surface area contributed by atoms with Crippen molar-refractivity contribution in [1.82, 2.24) is 20.0 Å². The van der Waals surface area contributed by atoms with Crippen molar-refractivity contribution in [3.05, 3.63) is 39.8 Å². The summed E-state index contributed by atoms with van der Waals surface area (Å²) in [6.45, 7) is -0.454. The number of aliphatic hydroxyl groups is 3. The summed E-state index contributed by atoms with van der Waals surface area (Å²) in [6, 6.07) is 4.06. The zero-order valence-corrected chi connectivity index (χ0v) is 18.2. The number of benzene rings is 1. The van der Waals surface area contributed by atoms with Gasteiger partial charge in [-0.05, 0) is 18.2 Å². The standard InChI is InChI=1S/C17H16Cl2N4O5S2/c18-8-2-1-7(3-9(8)19)30-17-15(27)13(14(26)11(5-24)28-17)23-4-10(21-22-23)16-20-12(25)6-29-16/h1-4,6,11,13-15,17,24-27H,5H2/t11?,13-,14-,15?,17+/m0/s1. The van der Waals surface area contributed by atoms with E-state index in [-0.39, 0.29) is 5.88 Å². The van der Waals surface area contributed by atoms with E-state index in [0.717, 1.165) is 0 Å². The van der Waals surface area contributed by atoms with Crippen LogP contribution in [0.5, 0.6) is 5.88 Å². The number of halogens is 2. The number of thioether (sulfide) groups is 1. The summed E-state index contributed by atoms with van der Waals surface area (Å²) in [5.41, 5.74) is -0.454. The van der Waals surface area contributed by atoms with Gasteiger partial charge in [-0.3, -0.25) is 0 Å². The molecule has 2 aromatic heterocycles. The monoisotopic (exact) mass is 490 g/mol. The summed E-state index contributed by atoms with van der Waals surface area (Å²) < 4.78 is 7.03. The Kier molecular flexibility index (Phi) is 6.51. The van der Waals surface area contributed by atoms with Crippen LogP contribution < -0.4 is 0 Å². The second-order valence-corrected chi connectivity index (χ2v) is 9.33. The van der Waals surface area contributed by atoms with E-state index in [1.54, 1.807) is 18.2 Å². The Labute approximate surface area is 188 Å². The molecule has 160 valence electrons. The van der Waals surface area contributed by atoms with Crippen LogP contribution in [-0.2, 0) is 4.74 Å². The van der Waals surface area contributed by atoms with E-state index in [2.05, 4.69) is 15.3 Å². The van der Waals surface area contributed by atoms with Gasteiger partial charge in [-0.25, -0.2) is 9.67 Å². The molecule has 0 saturated carbocycles. The molecule has 5 atom stereocenters. The van der Waals surface area contributed by atoms with Crippen molar-refractivity contribution < 1.29 is 25.2 Å². The molecule has 1 saturated heterocycles. The third-order valence-corrected chi connectivity index (χ3v) is 7.26. The highest BCUT2D eigenvalue weighted by atomic mass is 35.5. The number of hydrogen-bond donors (Lipinski definition) is 4. The van der Waals surface area contributed by atoms with Crippen molar-refractivity contribution >= 4 is 46.3 Å².